The third-order valence-corrected chi connectivity index (χ3v) is 3.59. The van der Waals surface area contributed by atoms with Crippen molar-refractivity contribution in [2.45, 2.75) is 6.92 Å². The van der Waals surface area contributed by atoms with E-state index >= 15 is 0 Å². The maximum Gasteiger partial charge on any atom is -0.0111 e. The second-order valence-corrected chi connectivity index (χ2v) is 5.03. The molecule has 0 saturated heterocycles. The molecule has 0 amide bonds. The van der Waals surface area contributed by atoms with Crippen LogP contribution in [-0.2, 0) is 0 Å². The topological polar surface area (TPSA) is 0 Å². The van der Waals surface area contributed by atoms with E-state index in [4.69, 9.17) is 0 Å². The maximum atomic E-state index is 2.26. The third-order valence-electron chi connectivity index (χ3n) is 3.59. The van der Waals surface area contributed by atoms with Gasteiger partial charge in [-0.3, -0.25) is 0 Å². The Morgan fingerprint density at radius 1 is 0.619 bits per heavy atom. The summed E-state index contributed by atoms with van der Waals surface area (Å²) >= 11 is 0. The molecule has 0 nitrogen and oxygen atoms in total. The van der Waals surface area contributed by atoms with Crippen molar-refractivity contribution in [1.29, 1.82) is 0 Å². The molecular weight excluding hydrogens is 252 g/mol. The quantitative estimate of drug-likeness (QED) is 0.543. The molecule has 0 unspecified atom stereocenters. The predicted molar refractivity (Wildman–Crippen MR) is 92.0 cm³/mol. The largest absolute Gasteiger partial charge is 0.0870 e. The van der Waals surface area contributed by atoms with Gasteiger partial charge in [-0.05, 0) is 40.8 Å². The summed E-state index contributed by atoms with van der Waals surface area (Å²) in [4.78, 5) is 0. The first-order chi connectivity index (χ1) is 10.4. The lowest BCUT2D eigenvalue weighted by molar-refractivity contribution is 1.56. The normalized spacial score (nSPS) is 10.9. The fourth-order valence-electron chi connectivity index (χ4n) is 2.57. The summed E-state index contributed by atoms with van der Waals surface area (Å²) in [6.45, 7) is 2.06. The van der Waals surface area contributed by atoms with E-state index in [1.54, 1.807) is 0 Å². The van der Waals surface area contributed by atoms with Gasteiger partial charge in [0.05, 0.1) is 0 Å². The van der Waals surface area contributed by atoms with Crippen LogP contribution in [0.2, 0.25) is 0 Å². The van der Waals surface area contributed by atoms with E-state index in [1.807, 2.05) is 0 Å². The molecule has 102 valence electrons. The Morgan fingerprint density at radius 3 is 1.86 bits per heavy atom. The smallest absolute Gasteiger partial charge is 0.0111 e. The van der Waals surface area contributed by atoms with Gasteiger partial charge in [0.1, 0.15) is 0 Å². The van der Waals surface area contributed by atoms with Gasteiger partial charge in [-0.25, -0.2) is 0 Å². The number of hydrogen-bond donors (Lipinski definition) is 0. The molecule has 0 fully saturated rings. The highest BCUT2D eigenvalue weighted by atomic mass is 14.1. The van der Waals surface area contributed by atoms with Crippen LogP contribution in [0.4, 0.5) is 0 Å². The molecule has 0 spiro atoms. The van der Waals surface area contributed by atoms with Gasteiger partial charge in [0.15, 0.2) is 0 Å². The van der Waals surface area contributed by atoms with Crippen LogP contribution in [0.3, 0.4) is 0 Å². The Balaban J connectivity index is 2.12. The minimum Gasteiger partial charge on any atom is -0.0870 e. The van der Waals surface area contributed by atoms with Crippen molar-refractivity contribution in [3.05, 3.63) is 90.5 Å². The molecule has 0 aromatic heterocycles. The summed E-state index contributed by atoms with van der Waals surface area (Å²) in [6, 6.07) is 27.7. The summed E-state index contributed by atoms with van der Waals surface area (Å²) in [6.07, 6.45) is 4.27. The molecule has 0 aliphatic carbocycles. The minimum atomic E-state index is 1.25. The number of benzene rings is 3. The SMILES string of the molecule is C/C=C\c1cc(-c2ccccc2)ccc1-c1ccccc1. The molecule has 0 aliphatic heterocycles. The van der Waals surface area contributed by atoms with E-state index in [0.717, 1.165) is 0 Å². The van der Waals surface area contributed by atoms with E-state index in [1.165, 1.54) is 27.8 Å². The van der Waals surface area contributed by atoms with Gasteiger partial charge in [-0.1, -0.05) is 84.9 Å². The number of hydrogen-bond acceptors (Lipinski definition) is 0. The molecule has 0 atom stereocenters. The lowest BCUT2D eigenvalue weighted by atomic mass is 9.95. The zero-order valence-electron chi connectivity index (χ0n) is 12.2. The highest BCUT2D eigenvalue weighted by Crippen LogP contribution is 2.29. The summed E-state index contributed by atoms with van der Waals surface area (Å²) in [5, 5.41) is 0. The van der Waals surface area contributed by atoms with Crippen LogP contribution < -0.4 is 0 Å². The highest BCUT2D eigenvalue weighted by molar-refractivity contribution is 5.79. The maximum absolute atomic E-state index is 2.26. The van der Waals surface area contributed by atoms with E-state index < -0.39 is 0 Å². The molecular formula is C21H18. The Kier molecular flexibility index (Phi) is 3.97. The van der Waals surface area contributed by atoms with E-state index in [-0.39, 0.29) is 0 Å². The summed E-state index contributed by atoms with van der Waals surface area (Å²) in [7, 11) is 0. The number of rotatable bonds is 3. The molecule has 0 heterocycles. The summed E-state index contributed by atoms with van der Waals surface area (Å²) in [5.74, 6) is 0. The van der Waals surface area contributed by atoms with Gasteiger partial charge >= 0.3 is 0 Å². The fourth-order valence-corrected chi connectivity index (χ4v) is 2.57. The molecule has 0 aliphatic rings. The van der Waals surface area contributed by atoms with Gasteiger partial charge < -0.3 is 0 Å². The Bertz CT molecular complexity index is 738. The van der Waals surface area contributed by atoms with Gasteiger partial charge in [0, 0.05) is 0 Å². The molecule has 3 aromatic rings. The fraction of sp³-hybridized carbons (Fsp3) is 0.0476. The van der Waals surface area contributed by atoms with E-state index in [2.05, 4.69) is 97.9 Å². The van der Waals surface area contributed by atoms with Crippen molar-refractivity contribution < 1.29 is 0 Å². The molecule has 3 aromatic carbocycles. The van der Waals surface area contributed by atoms with Gasteiger partial charge in [-0.15, -0.1) is 0 Å². The van der Waals surface area contributed by atoms with Crippen molar-refractivity contribution in [1.82, 2.24) is 0 Å². The average Bonchev–Trinajstić information content (AvgIpc) is 2.57. The molecule has 0 saturated carbocycles. The Hall–Kier alpha value is -2.60. The zero-order chi connectivity index (χ0) is 14.5. The Morgan fingerprint density at radius 2 is 1.24 bits per heavy atom. The minimum absolute atomic E-state index is 1.25. The van der Waals surface area contributed by atoms with Crippen LogP contribution in [0, 0.1) is 0 Å². The monoisotopic (exact) mass is 270 g/mol. The summed E-state index contributed by atoms with van der Waals surface area (Å²) in [5.41, 5.74) is 6.29. The number of allylic oxidation sites excluding steroid dienone is 1. The van der Waals surface area contributed by atoms with Crippen molar-refractivity contribution in [3.63, 3.8) is 0 Å². The van der Waals surface area contributed by atoms with Crippen LogP contribution in [-0.4, -0.2) is 0 Å². The van der Waals surface area contributed by atoms with Crippen LogP contribution in [0.5, 0.6) is 0 Å². The average molecular weight is 270 g/mol. The van der Waals surface area contributed by atoms with E-state index in [0.29, 0.717) is 0 Å². The zero-order valence-corrected chi connectivity index (χ0v) is 12.2. The lowest BCUT2D eigenvalue weighted by Gasteiger charge is -2.10. The van der Waals surface area contributed by atoms with Crippen LogP contribution in [0.1, 0.15) is 12.5 Å². The predicted octanol–water partition coefficient (Wildman–Crippen LogP) is 6.05. The molecule has 0 N–H and O–H groups in total. The third kappa shape index (κ3) is 2.95. The first kappa shape index (κ1) is 13.4. The summed E-state index contributed by atoms with van der Waals surface area (Å²) < 4.78 is 0. The molecule has 0 bridgehead atoms. The van der Waals surface area contributed by atoms with Gasteiger partial charge in [0.25, 0.3) is 0 Å². The molecule has 0 radical (unpaired) electrons. The highest BCUT2D eigenvalue weighted by Gasteiger charge is 2.05. The van der Waals surface area contributed by atoms with Crippen molar-refractivity contribution >= 4 is 6.08 Å². The van der Waals surface area contributed by atoms with Crippen molar-refractivity contribution in [2.75, 3.05) is 0 Å². The van der Waals surface area contributed by atoms with Crippen molar-refractivity contribution in [3.8, 4) is 22.3 Å². The molecule has 3 rings (SSSR count). The lowest BCUT2D eigenvalue weighted by Crippen LogP contribution is -1.85. The Labute approximate surface area is 126 Å². The van der Waals surface area contributed by atoms with Crippen LogP contribution in [0.25, 0.3) is 28.3 Å². The molecule has 0 heteroatoms. The second kappa shape index (κ2) is 6.23. The van der Waals surface area contributed by atoms with Crippen molar-refractivity contribution in [2.24, 2.45) is 0 Å². The standard InChI is InChI=1S/C21H18/c1-2-9-20-16-19(17-10-5-3-6-11-17)14-15-21(20)18-12-7-4-8-13-18/h2-16H,1H3/b9-2-. The van der Waals surface area contributed by atoms with Crippen LogP contribution in [0.15, 0.2) is 84.9 Å². The second-order valence-electron chi connectivity index (χ2n) is 5.03. The van der Waals surface area contributed by atoms with Gasteiger partial charge in [-0.2, -0.15) is 0 Å². The van der Waals surface area contributed by atoms with Crippen LogP contribution >= 0.6 is 0 Å². The van der Waals surface area contributed by atoms with E-state index in [9.17, 15) is 0 Å². The van der Waals surface area contributed by atoms with Gasteiger partial charge in [0.2, 0.25) is 0 Å². The first-order valence-electron chi connectivity index (χ1n) is 7.26. The first-order valence-corrected chi connectivity index (χ1v) is 7.26. The molecule has 21 heavy (non-hydrogen) atoms.